The summed E-state index contributed by atoms with van der Waals surface area (Å²) in [4.78, 5) is 16.7. The number of rotatable bonds is 14. The van der Waals surface area contributed by atoms with E-state index in [1.54, 1.807) is 0 Å². The fourth-order valence-corrected chi connectivity index (χ4v) is 3.92. The normalized spacial score (nSPS) is 13.9. The molecule has 0 unspecified atom stereocenters. The van der Waals surface area contributed by atoms with Crippen molar-refractivity contribution in [2.24, 2.45) is 5.92 Å². The van der Waals surface area contributed by atoms with Gasteiger partial charge in [-0.1, -0.05) is 64.0 Å². The predicted molar refractivity (Wildman–Crippen MR) is 116 cm³/mol. The number of nitrogens with one attached hydrogen (secondary N) is 1. The first-order valence-electron chi connectivity index (χ1n) is 11.5. The van der Waals surface area contributed by atoms with Crippen molar-refractivity contribution >= 4 is 16.9 Å². The minimum atomic E-state index is 0.243. The molecule has 0 spiro atoms. The molecular formula is C24H37N3O. The molecule has 1 amide bonds. The van der Waals surface area contributed by atoms with Crippen LogP contribution in [0, 0.1) is 5.92 Å². The van der Waals surface area contributed by atoms with E-state index in [1.165, 1.54) is 62.7 Å². The lowest BCUT2D eigenvalue weighted by molar-refractivity contribution is -0.122. The molecular weight excluding hydrogens is 346 g/mol. The minimum Gasteiger partial charge on any atom is -0.356 e. The number of carbonyl (C=O) groups is 1. The number of unbranched alkanes of at least 4 members (excludes halogenated alkanes) is 7. The van der Waals surface area contributed by atoms with Crippen LogP contribution in [0.4, 0.5) is 0 Å². The first-order chi connectivity index (χ1) is 13.8. The average molecular weight is 384 g/mol. The van der Waals surface area contributed by atoms with Crippen LogP contribution >= 0.6 is 0 Å². The lowest BCUT2D eigenvalue weighted by Crippen LogP contribution is -2.26. The highest BCUT2D eigenvalue weighted by Gasteiger charge is 2.28. The maximum absolute atomic E-state index is 11.8. The first kappa shape index (κ1) is 20.9. The summed E-state index contributed by atoms with van der Waals surface area (Å²) in [5.74, 6) is 1.71. The summed E-state index contributed by atoms with van der Waals surface area (Å²) in [5.41, 5.74) is 2.35. The number of fused-ring (bicyclic) bond motifs is 1. The third kappa shape index (κ3) is 6.35. The van der Waals surface area contributed by atoms with Gasteiger partial charge in [-0.05, 0) is 37.8 Å². The summed E-state index contributed by atoms with van der Waals surface area (Å²) < 4.78 is 2.41. The Labute approximate surface area is 170 Å². The lowest BCUT2D eigenvalue weighted by atomic mass is 10.1. The average Bonchev–Trinajstić information content (AvgIpc) is 3.50. The highest BCUT2D eigenvalue weighted by Crippen LogP contribution is 2.28. The molecule has 1 fully saturated rings. The molecule has 4 heteroatoms. The maximum atomic E-state index is 11.8. The van der Waals surface area contributed by atoms with Crippen LogP contribution in [0.1, 0.15) is 83.4 Å². The van der Waals surface area contributed by atoms with E-state index in [-0.39, 0.29) is 5.91 Å². The number of aromatic nitrogens is 2. The van der Waals surface area contributed by atoms with E-state index in [4.69, 9.17) is 4.98 Å². The fourth-order valence-electron chi connectivity index (χ4n) is 3.92. The molecule has 0 bridgehead atoms. The second kappa shape index (κ2) is 11.2. The zero-order chi connectivity index (χ0) is 19.6. The molecule has 0 saturated heterocycles. The number of hydrogen-bond donors (Lipinski definition) is 1. The Kier molecular flexibility index (Phi) is 8.38. The number of aryl methyl sites for hydroxylation is 2. The number of amides is 1. The molecule has 1 aromatic heterocycles. The van der Waals surface area contributed by atoms with Crippen molar-refractivity contribution in [3.8, 4) is 0 Å². The quantitative estimate of drug-likeness (QED) is 0.429. The molecule has 154 valence electrons. The van der Waals surface area contributed by atoms with Crippen molar-refractivity contribution in [3.05, 3.63) is 30.1 Å². The fraction of sp³-hybridized carbons (Fsp3) is 0.667. The van der Waals surface area contributed by atoms with Crippen LogP contribution in [0.25, 0.3) is 11.0 Å². The molecule has 1 aliphatic rings. The molecule has 1 aromatic carbocycles. The van der Waals surface area contributed by atoms with E-state index in [0.717, 1.165) is 44.3 Å². The van der Waals surface area contributed by atoms with Gasteiger partial charge in [0.1, 0.15) is 5.82 Å². The number of hydrogen-bond acceptors (Lipinski definition) is 2. The van der Waals surface area contributed by atoms with Gasteiger partial charge in [-0.15, -0.1) is 0 Å². The van der Waals surface area contributed by atoms with Gasteiger partial charge in [0.05, 0.1) is 11.0 Å². The van der Waals surface area contributed by atoms with Gasteiger partial charge in [0.25, 0.3) is 0 Å². The van der Waals surface area contributed by atoms with Crippen LogP contribution < -0.4 is 5.32 Å². The summed E-state index contributed by atoms with van der Waals surface area (Å²) in [6.07, 6.45) is 14.7. The van der Waals surface area contributed by atoms with Gasteiger partial charge >= 0.3 is 0 Å². The van der Waals surface area contributed by atoms with Crippen LogP contribution in [-0.4, -0.2) is 22.0 Å². The first-order valence-corrected chi connectivity index (χ1v) is 11.5. The monoisotopic (exact) mass is 383 g/mol. The van der Waals surface area contributed by atoms with Crippen LogP contribution in [0.3, 0.4) is 0 Å². The van der Waals surface area contributed by atoms with Crippen molar-refractivity contribution in [2.45, 2.75) is 90.5 Å². The lowest BCUT2D eigenvalue weighted by Gasteiger charge is -2.10. The van der Waals surface area contributed by atoms with Crippen molar-refractivity contribution in [2.75, 3.05) is 6.54 Å². The summed E-state index contributed by atoms with van der Waals surface area (Å²) in [6.45, 7) is 4.09. The number of nitrogens with zero attached hydrogens (tertiary/aromatic N) is 2. The van der Waals surface area contributed by atoms with Crippen LogP contribution in [0.5, 0.6) is 0 Å². The highest BCUT2D eigenvalue weighted by molar-refractivity contribution is 5.80. The van der Waals surface area contributed by atoms with Crippen molar-refractivity contribution in [1.82, 2.24) is 14.9 Å². The molecule has 1 saturated carbocycles. The zero-order valence-electron chi connectivity index (χ0n) is 17.6. The third-order valence-corrected chi connectivity index (χ3v) is 5.79. The van der Waals surface area contributed by atoms with E-state index in [0.29, 0.717) is 5.92 Å². The summed E-state index contributed by atoms with van der Waals surface area (Å²) in [5, 5.41) is 3.07. The molecule has 2 aromatic rings. The van der Waals surface area contributed by atoms with Gasteiger partial charge < -0.3 is 9.88 Å². The summed E-state index contributed by atoms with van der Waals surface area (Å²) in [6, 6.07) is 8.47. The predicted octanol–water partition coefficient (Wildman–Crippen LogP) is 5.64. The zero-order valence-corrected chi connectivity index (χ0v) is 17.6. The Morgan fingerprint density at radius 1 is 1.04 bits per heavy atom. The Morgan fingerprint density at radius 3 is 2.50 bits per heavy atom. The Hall–Kier alpha value is -1.84. The van der Waals surface area contributed by atoms with E-state index < -0.39 is 0 Å². The number of benzene rings is 1. The minimum absolute atomic E-state index is 0.243. The van der Waals surface area contributed by atoms with Crippen LogP contribution in [0.15, 0.2) is 24.3 Å². The Morgan fingerprint density at radius 2 is 1.75 bits per heavy atom. The molecule has 3 rings (SSSR count). The molecule has 28 heavy (non-hydrogen) atoms. The smallest absolute Gasteiger partial charge is 0.223 e. The molecule has 4 nitrogen and oxygen atoms in total. The van der Waals surface area contributed by atoms with E-state index in [1.807, 2.05) is 0 Å². The number of imidazole rings is 1. The van der Waals surface area contributed by atoms with Gasteiger partial charge in [0.15, 0.2) is 0 Å². The Bertz CT molecular complexity index is 733. The molecule has 0 atom stereocenters. The van der Waals surface area contributed by atoms with E-state index >= 15 is 0 Å². The molecule has 1 N–H and O–H groups in total. The Balaban J connectivity index is 1.45. The van der Waals surface area contributed by atoms with Crippen LogP contribution in [0.2, 0.25) is 0 Å². The maximum Gasteiger partial charge on any atom is 0.223 e. The van der Waals surface area contributed by atoms with E-state index in [9.17, 15) is 4.79 Å². The van der Waals surface area contributed by atoms with Crippen molar-refractivity contribution in [1.29, 1.82) is 0 Å². The van der Waals surface area contributed by atoms with Crippen molar-refractivity contribution in [3.63, 3.8) is 0 Å². The van der Waals surface area contributed by atoms with Gasteiger partial charge in [-0.25, -0.2) is 4.98 Å². The van der Waals surface area contributed by atoms with Gasteiger partial charge in [-0.2, -0.15) is 0 Å². The SMILES string of the molecule is CCCCCCCCCCn1c(CCCNC(=O)C2CC2)nc2ccccc21. The second-order valence-electron chi connectivity index (χ2n) is 8.31. The molecule has 1 heterocycles. The van der Waals surface area contributed by atoms with Crippen molar-refractivity contribution < 1.29 is 4.79 Å². The second-order valence-corrected chi connectivity index (χ2v) is 8.31. The topological polar surface area (TPSA) is 46.9 Å². The number of para-hydroxylation sites is 2. The molecule has 1 aliphatic carbocycles. The summed E-state index contributed by atoms with van der Waals surface area (Å²) in [7, 11) is 0. The number of carbonyl (C=O) groups excluding carboxylic acids is 1. The van der Waals surface area contributed by atoms with Crippen LogP contribution in [-0.2, 0) is 17.8 Å². The summed E-state index contributed by atoms with van der Waals surface area (Å²) >= 11 is 0. The molecule has 0 aliphatic heterocycles. The van der Waals surface area contributed by atoms with Gasteiger partial charge in [0, 0.05) is 25.4 Å². The standard InChI is InChI=1S/C24H37N3O/c1-2-3-4-5-6-7-8-11-19-27-22-14-10-9-13-21(22)26-23(27)15-12-18-25-24(28)20-16-17-20/h9-10,13-14,20H,2-8,11-12,15-19H2,1H3,(H,25,28). The highest BCUT2D eigenvalue weighted by atomic mass is 16.2. The van der Waals surface area contributed by atoms with E-state index in [2.05, 4.69) is 41.1 Å². The molecule has 0 radical (unpaired) electrons. The largest absolute Gasteiger partial charge is 0.356 e. The third-order valence-electron chi connectivity index (χ3n) is 5.79. The van der Waals surface area contributed by atoms with Gasteiger partial charge in [0.2, 0.25) is 5.91 Å². The van der Waals surface area contributed by atoms with Gasteiger partial charge in [-0.3, -0.25) is 4.79 Å².